The molecule has 0 aliphatic carbocycles. The van der Waals surface area contributed by atoms with Gasteiger partial charge >= 0.3 is 0 Å². The van der Waals surface area contributed by atoms with Crippen molar-refractivity contribution in [2.24, 2.45) is 10.9 Å². The Labute approximate surface area is 65.8 Å². The molecule has 0 aromatic heterocycles. The lowest BCUT2D eigenvalue weighted by molar-refractivity contribution is 0.659. The minimum atomic E-state index is 0.345. The monoisotopic (exact) mass is 154 g/mol. The Bertz CT molecular complexity index is 198. The van der Waals surface area contributed by atoms with Crippen LogP contribution < -0.4 is 5.32 Å². The van der Waals surface area contributed by atoms with Crippen molar-refractivity contribution in [1.82, 2.24) is 5.32 Å². The van der Waals surface area contributed by atoms with Gasteiger partial charge in [-0.1, -0.05) is 0 Å². The number of fused-ring (bicyclic) bond motifs is 1. The first-order valence-corrected chi connectivity index (χ1v) is 4.04. The van der Waals surface area contributed by atoms with Crippen LogP contribution in [0.15, 0.2) is 16.9 Å². The van der Waals surface area contributed by atoms with Crippen molar-refractivity contribution in [3.05, 3.63) is 11.9 Å². The molecule has 0 spiro atoms. The predicted molar refractivity (Wildman–Crippen MR) is 45.2 cm³/mol. The molecule has 1 saturated heterocycles. The van der Waals surface area contributed by atoms with Gasteiger partial charge in [-0.2, -0.15) is 12.6 Å². The van der Waals surface area contributed by atoms with Gasteiger partial charge in [0.05, 0.1) is 5.37 Å². The van der Waals surface area contributed by atoms with E-state index in [1.54, 1.807) is 0 Å². The van der Waals surface area contributed by atoms with Crippen molar-refractivity contribution < 1.29 is 0 Å². The highest BCUT2D eigenvalue weighted by atomic mass is 32.1. The van der Waals surface area contributed by atoms with E-state index in [-0.39, 0.29) is 0 Å². The van der Waals surface area contributed by atoms with Gasteiger partial charge in [0.15, 0.2) is 0 Å². The van der Waals surface area contributed by atoms with Gasteiger partial charge in [-0.05, 0) is 12.8 Å². The fraction of sp³-hybridized carbons (Fsp3) is 0.571. The molecule has 10 heavy (non-hydrogen) atoms. The van der Waals surface area contributed by atoms with Gasteiger partial charge in [0.2, 0.25) is 0 Å². The van der Waals surface area contributed by atoms with Crippen molar-refractivity contribution in [3.8, 4) is 0 Å². The van der Waals surface area contributed by atoms with Gasteiger partial charge in [0.25, 0.3) is 0 Å². The second kappa shape index (κ2) is 2.31. The fourth-order valence-corrected chi connectivity index (χ4v) is 1.86. The topological polar surface area (TPSA) is 24.4 Å². The number of nitrogens with one attached hydrogen (secondary N) is 1. The Morgan fingerprint density at radius 1 is 1.70 bits per heavy atom. The molecule has 1 N–H and O–H groups in total. The molecule has 0 bridgehead atoms. The highest BCUT2D eigenvalue weighted by molar-refractivity contribution is 7.80. The third-order valence-electron chi connectivity index (χ3n) is 1.99. The zero-order valence-corrected chi connectivity index (χ0v) is 6.51. The highest BCUT2D eigenvalue weighted by Crippen LogP contribution is 2.29. The molecule has 2 aliphatic rings. The van der Waals surface area contributed by atoms with Crippen LogP contribution in [0.5, 0.6) is 0 Å². The standard InChI is InChI=1S/C7H10N2S/c10-7-3-5-1-2-8-4-6(5)9-7/h2,4-5,7,9-10H,1,3H2. The summed E-state index contributed by atoms with van der Waals surface area (Å²) in [6, 6.07) is 0. The first-order chi connectivity index (χ1) is 4.86. The van der Waals surface area contributed by atoms with Gasteiger partial charge in [-0.15, -0.1) is 0 Å². The number of aliphatic imine (C=N–C) groups is 1. The van der Waals surface area contributed by atoms with Crippen LogP contribution in [-0.2, 0) is 0 Å². The lowest BCUT2D eigenvalue weighted by Gasteiger charge is -2.09. The summed E-state index contributed by atoms with van der Waals surface area (Å²) in [5, 5.41) is 3.61. The SMILES string of the molecule is SC1CC2CC=NC=C2N1. The lowest BCUT2D eigenvalue weighted by atomic mass is 10.0. The smallest absolute Gasteiger partial charge is 0.0697 e. The van der Waals surface area contributed by atoms with Crippen molar-refractivity contribution in [3.63, 3.8) is 0 Å². The Hall–Kier alpha value is -0.440. The second-order valence-electron chi connectivity index (χ2n) is 2.74. The van der Waals surface area contributed by atoms with Crippen molar-refractivity contribution in [2.45, 2.75) is 18.2 Å². The molecule has 2 nitrogen and oxygen atoms in total. The summed E-state index contributed by atoms with van der Waals surface area (Å²) < 4.78 is 0. The van der Waals surface area contributed by atoms with Crippen LogP contribution in [-0.4, -0.2) is 11.6 Å². The summed E-state index contributed by atoms with van der Waals surface area (Å²) in [7, 11) is 0. The predicted octanol–water partition coefficient (Wildman–Crippen LogP) is 1.17. The zero-order valence-electron chi connectivity index (χ0n) is 5.62. The zero-order chi connectivity index (χ0) is 6.97. The molecular weight excluding hydrogens is 144 g/mol. The maximum Gasteiger partial charge on any atom is 0.0697 e. The third kappa shape index (κ3) is 0.944. The van der Waals surface area contributed by atoms with E-state index in [1.165, 1.54) is 5.70 Å². The van der Waals surface area contributed by atoms with Crippen LogP contribution in [0.3, 0.4) is 0 Å². The molecule has 2 aliphatic heterocycles. The van der Waals surface area contributed by atoms with Gasteiger partial charge < -0.3 is 5.32 Å². The molecule has 2 rings (SSSR count). The molecule has 54 valence electrons. The molecule has 0 aromatic rings. The van der Waals surface area contributed by atoms with Crippen LogP contribution in [0, 0.1) is 5.92 Å². The highest BCUT2D eigenvalue weighted by Gasteiger charge is 2.26. The summed E-state index contributed by atoms with van der Waals surface area (Å²) in [5.74, 6) is 0.667. The van der Waals surface area contributed by atoms with Gasteiger partial charge in [-0.3, -0.25) is 4.99 Å². The average molecular weight is 154 g/mol. The molecular formula is C7H10N2S. The lowest BCUT2D eigenvalue weighted by Crippen LogP contribution is -2.13. The van der Waals surface area contributed by atoms with E-state index in [9.17, 15) is 0 Å². The number of rotatable bonds is 0. The maximum absolute atomic E-state index is 4.34. The van der Waals surface area contributed by atoms with Gasteiger partial charge in [-0.25, -0.2) is 0 Å². The van der Waals surface area contributed by atoms with Crippen molar-refractivity contribution in [2.75, 3.05) is 0 Å². The van der Waals surface area contributed by atoms with E-state index in [0.717, 1.165) is 12.8 Å². The number of hydrogen-bond acceptors (Lipinski definition) is 3. The van der Waals surface area contributed by atoms with E-state index < -0.39 is 0 Å². The summed E-state index contributed by atoms with van der Waals surface area (Å²) in [6.45, 7) is 0. The van der Waals surface area contributed by atoms with E-state index >= 15 is 0 Å². The normalized spacial score (nSPS) is 36.7. The first kappa shape index (κ1) is 6.28. The van der Waals surface area contributed by atoms with E-state index in [2.05, 4.69) is 22.9 Å². The van der Waals surface area contributed by atoms with Crippen LogP contribution in [0.4, 0.5) is 0 Å². The van der Waals surface area contributed by atoms with E-state index in [1.807, 2.05) is 12.4 Å². The molecule has 1 fully saturated rings. The van der Waals surface area contributed by atoms with Crippen molar-refractivity contribution >= 4 is 18.8 Å². The molecule has 2 atom stereocenters. The number of thiol groups is 1. The van der Waals surface area contributed by atoms with Crippen LogP contribution in [0.1, 0.15) is 12.8 Å². The largest absolute Gasteiger partial charge is 0.375 e. The average Bonchev–Trinajstić information content (AvgIpc) is 2.27. The molecule has 0 radical (unpaired) electrons. The first-order valence-electron chi connectivity index (χ1n) is 3.52. The van der Waals surface area contributed by atoms with Crippen molar-refractivity contribution in [1.29, 1.82) is 0 Å². The minimum Gasteiger partial charge on any atom is -0.375 e. The number of allylic oxidation sites excluding steroid dienone is 1. The summed E-state index contributed by atoms with van der Waals surface area (Å²) in [4.78, 5) is 4.07. The van der Waals surface area contributed by atoms with Crippen LogP contribution in [0.2, 0.25) is 0 Å². The Kier molecular flexibility index (Phi) is 1.45. The quantitative estimate of drug-likeness (QED) is 0.503. The maximum atomic E-state index is 4.34. The van der Waals surface area contributed by atoms with Crippen LogP contribution >= 0.6 is 12.6 Å². The molecule has 0 aromatic carbocycles. The number of nitrogens with zero attached hydrogens (tertiary/aromatic N) is 1. The Balaban J connectivity index is 2.18. The molecule has 2 heterocycles. The van der Waals surface area contributed by atoms with Gasteiger partial charge in [0, 0.05) is 24.0 Å². The molecule has 2 unspecified atom stereocenters. The summed E-state index contributed by atoms with van der Waals surface area (Å²) in [5.41, 5.74) is 1.27. The molecule has 3 heteroatoms. The van der Waals surface area contributed by atoms with E-state index in [0.29, 0.717) is 11.3 Å². The van der Waals surface area contributed by atoms with E-state index in [4.69, 9.17) is 0 Å². The molecule has 0 saturated carbocycles. The third-order valence-corrected chi connectivity index (χ3v) is 2.33. The summed E-state index contributed by atoms with van der Waals surface area (Å²) in [6.07, 6.45) is 6.10. The summed E-state index contributed by atoms with van der Waals surface area (Å²) >= 11 is 4.34. The Morgan fingerprint density at radius 3 is 3.40 bits per heavy atom. The Morgan fingerprint density at radius 2 is 2.60 bits per heavy atom. The van der Waals surface area contributed by atoms with Crippen LogP contribution in [0.25, 0.3) is 0 Å². The van der Waals surface area contributed by atoms with Gasteiger partial charge in [0.1, 0.15) is 0 Å². The fourth-order valence-electron chi connectivity index (χ4n) is 1.45. The minimum absolute atomic E-state index is 0.345. The second-order valence-corrected chi connectivity index (χ2v) is 3.37. The number of hydrogen-bond donors (Lipinski definition) is 2. The molecule has 0 amide bonds.